The zero-order chi connectivity index (χ0) is 16.2. The second-order valence-electron chi connectivity index (χ2n) is 4.50. The van der Waals surface area contributed by atoms with Crippen LogP contribution in [0.3, 0.4) is 0 Å². The van der Waals surface area contributed by atoms with E-state index in [9.17, 15) is 18.0 Å². The Morgan fingerprint density at radius 3 is 2.18 bits per heavy atom. The minimum Gasteiger partial charge on any atom is -0.397 e. The van der Waals surface area contributed by atoms with Gasteiger partial charge in [0.25, 0.3) is 5.78 Å². The Morgan fingerprint density at radius 2 is 1.59 bits per heavy atom. The number of rotatable bonds is 4. The van der Waals surface area contributed by atoms with Crippen LogP contribution in [0.1, 0.15) is 5.56 Å². The van der Waals surface area contributed by atoms with Gasteiger partial charge in [0.15, 0.2) is 0 Å². The summed E-state index contributed by atoms with van der Waals surface area (Å²) in [6.07, 6.45) is -4.40. The van der Waals surface area contributed by atoms with E-state index in [-0.39, 0.29) is 5.70 Å². The third kappa shape index (κ3) is 3.88. The SMILES string of the molecule is Nc1ccccc1N/C(=C\C(=O)C(F)(F)F)c1ccccc1. The van der Waals surface area contributed by atoms with Gasteiger partial charge >= 0.3 is 6.18 Å². The molecule has 0 bridgehead atoms. The molecule has 2 aromatic carbocycles. The highest BCUT2D eigenvalue weighted by atomic mass is 19.4. The van der Waals surface area contributed by atoms with Gasteiger partial charge in [-0.15, -0.1) is 0 Å². The van der Waals surface area contributed by atoms with Crippen LogP contribution in [0.15, 0.2) is 60.7 Å². The lowest BCUT2D eigenvalue weighted by Crippen LogP contribution is -2.21. The number of alkyl halides is 3. The Balaban J connectivity index is 2.41. The smallest absolute Gasteiger partial charge is 0.397 e. The van der Waals surface area contributed by atoms with Gasteiger partial charge in [-0.3, -0.25) is 4.79 Å². The molecule has 0 aliphatic heterocycles. The van der Waals surface area contributed by atoms with E-state index in [1.165, 1.54) is 0 Å². The quantitative estimate of drug-likeness (QED) is 0.666. The fourth-order valence-electron chi connectivity index (χ4n) is 1.78. The van der Waals surface area contributed by atoms with Gasteiger partial charge in [0.2, 0.25) is 0 Å². The molecular weight excluding hydrogens is 293 g/mol. The summed E-state index contributed by atoms with van der Waals surface area (Å²) in [5.74, 6) is -1.94. The van der Waals surface area contributed by atoms with Crippen molar-refractivity contribution < 1.29 is 18.0 Å². The number of allylic oxidation sites excluding steroid dienone is 1. The summed E-state index contributed by atoms with van der Waals surface area (Å²) in [5.41, 5.74) is 7.03. The molecule has 0 aliphatic carbocycles. The molecule has 0 saturated carbocycles. The Bertz CT molecular complexity index is 694. The number of halogens is 3. The number of para-hydroxylation sites is 2. The minimum absolute atomic E-state index is 0.0285. The second kappa shape index (κ2) is 6.34. The number of ketones is 1. The maximum atomic E-state index is 12.5. The van der Waals surface area contributed by atoms with Crippen LogP contribution in [0.4, 0.5) is 24.5 Å². The molecular formula is C16H13F3N2O. The average molecular weight is 306 g/mol. The van der Waals surface area contributed by atoms with Crippen LogP contribution in [0.25, 0.3) is 5.70 Å². The van der Waals surface area contributed by atoms with E-state index in [1.807, 2.05) is 0 Å². The maximum absolute atomic E-state index is 12.5. The van der Waals surface area contributed by atoms with Crippen LogP contribution in [0, 0.1) is 0 Å². The number of benzene rings is 2. The second-order valence-corrected chi connectivity index (χ2v) is 4.50. The Labute approximate surface area is 125 Å². The summed E-state index contributed by atoms with van der Waals surface area (Å²) < 4.78 is 37.5. The highest BCUT2D eigenvalue weighted by Crippen LogP contribution is 2.25. The van der Waals surface area contributed by atoms with Gasteiger partial charge in [-0.25, -0.2) is 0 Å². The van der Waals surface area contributed by atoms with Crippen molar-refractivity contribution in [2.24, 2.45) is 0 Å². The molecule has 0 fully saturated rings. The first-order valence-electron chi connectivity index (χ1n) is 6.38. The van der Waals surface area contributed by atoms with Gasteiger partial charge in [0, 0.05) is 11.8 Å². The molecule has 0 aliphatic rings. The largest absolute Gasteiger partial charge is 0.454 e. The van der Waals surface area contributed by atoms with Crippen molar-refractivity contribution in [2.45, 2.75) is 6.18 Å². The Morgan fingerprint density at radius 1 is 1.00 bits per heavy atom. The fourth-order valence-corrected chi connectivity index (χ4v) is 1.78. The van der Waals surface area contributed by atoms with Crippen LogP contribution < -0.4 is 11.1 Å². The highest BCUT2D eigenvalue weighted by molar-refractivity contribution is 6.02. The molecule has 0 atom stereocenters. The first-order valence-corrected chi connectivity index (χ1v) is 6.38. The number of nitrogens with two attached hydrogens (primary N) is 1. The van der Waals surface area contributed by atoms with E-state index in [2.05, 4.69) is 5.32 Å². The summed E-state index contributed by atoms with van der Waals surface area (Å²) in [5, 5.41) is 2.78. The summed E-state index contributed by atoms with van der Waals surface area (Å²) in [7, 11) is 0. The standard InChI is InChI=1S/C16H13F3N2O/c17-16(18,19)15(22)10-14(11-6-2-1-3-7-11)21-13-9-5-4-8-12(13)20/h1-10,21H,20H2/b14-10-. The zero-order valence-corrected chi connectivity index (χ0v) is 11.4. The number of nitrogens with one attached hydrogen (secondary N) is 1. The number of anilines is 2. The van der Waals surface area contributed by atoms with Gasteiger partial charge in [-0.05, 0) is 17.7 Å². The van der Waals surface area contributed by atoms with Crippen LogP contribution in [0.2, 0.25) is 0 Å². The lowest BCUT2D eigenvalue weighted by molar-refractivity contribution is -0.165. The van der Waals surface area contributed by atoms with E-state index in [0.717, 1.165) is 0 Å². The minimum atomic E-state index is -4.93. The monoisotopic (exact) mass is 306 g/mol. The number of hydrogen-bond acceptors (Lipinski definition) is 3. The molecule has 0 aromatic heterocycles. The van der Waals surface area contributed by atoms with Crippen molar-refractivity contribution in [3.8, 4) is 0 Å². The first-order chi connectivity index (χ1) is 10.4. The topological polar surface area (TPSA) is 55.1 Å². The molecule has 3 nitrogen and oxygen atoms in total. The van der Waals surface area contributed by atoms with E-state index < -0.39 is 12.0 Å². The number of carbonyl (C=O) groups excluding carboxylic acids is 1. The van der Waals surface area contributed by atoms with E-state index >= 15 is 0 Å². The van der Waals surface area contributed by atoms with Crippen LogP contribution in [-0.4, -0.2) is 12.0 Å². The Hall–Kier alpha value is -2.76. The molecule has 114 valence electrons. The average Bonchev–Trinajstić information content (AvgIpc) is 2.48. The summed E-state index contributed by atoms with van der Waals surface area (Å²) in [6, 6.07) is 14.9. The van der Waals surface area contributed by atoms with Crippen LogP contribution in [0.5, 0.6) is 0 Å². The van der Waals surface area contributed by atoms with Gasteiger partial charge in [-0.2, -0.15) is 13.2 Å². The van der Waals surface area contributed by atoms with Gasteiger partial charge in [0.05, 0.1) is 11.4 Å². The summed E-state index contributed by atoms with van der Waals surface area (Å²) >= 11 is 0. The van der Waals surface area contributed by atoms with Crippen molar-refractivity contribution in [3.05, 3.63) is 66.2 Å². The van der Waals surface area contributed by atoms with Gasteiger partial charge in [-0.1, -0.05) is 42.5 Å². The van der Waals surface area contributed by atoms with E-state index in [0.29, 0.717) is 23.0 Å². The van der Waals surface area contributed by atoms with Gasteiger partial charge < -0.3 is 11.1 Å². The predicted molar refractivity (Wildman–Crippen MR) is 80.0 cm³/mol. The number of hydrogen-bond donors (Lipinski definition) is 2. The van der Waals surface area contributed by atoms with Crippen molar-refractivity contribution >= 4 is 22.9 Å². The van der Waals surface area contributed by atoms with Crippen molar-refractivity contribution in [1.29, 1.82) is 0 Å². The molecule has 0 amide bonds. The normalized spacial score (nSPS) is 12.0. The third-order valence-corrected chi connectivity index (χ3v) is 2.87. The summed E-state index contributed by atoms with van der Waals surface area (Å²) in [6.45, 7) is 0. The summed E-state index contributed by atoms with van der Waals surface area (Å²) in [4.78, 5) is 11.3. The molecule has 2 aromatic rings. The molecule has 0 heterocycles. The molecule has 0 unspecified atom stereocenters. The van der Waals surface area contributed by atoms with Crippen molar-refractivity contribution in [2.75, 3.05) is 11.1 Å². The van der Waals surface area contributed by atoms with Gasteiger partial charge in [0.1, 0.15) is 0 Å². The number of nitrogen functional groups attached to an aromatic ring is 1. The molecule has 0 saturated heterocycles. The number of carbonyl (C=O) groups is 1. The molecule has 0 radical (unpaired) electrons. The van der Waals surface area contributed by atoms with E-state index in [1.54, 1.807) is 54.6 Å². The van der Waals surface area contributed by atoms with E-state index in [4.69, 9.17) is 5.73 Å². The van der Waals surface area contributed by atoms with Crippen molar-refractivity contribution in [1.82, 2.24) is 0 Å². The van der Waals surface area contributed by atoms with Crippen LogP contribution in [-0.2, 0) is 4.79 Å². The highest BCUT2D eigenvalue weighted by Gasteiger charge is 2.36. The van der Waals surface area contributed by atoms with Crippen molar-refractivity contribution in [3.63, 3.8) is 0 Å². The fraction of sp³-hybridized carbons (Fsp3) is 0.0625. The Kier molecular flexibility index (Phi) is 4.50. The lowest BCUT2D eigenvalue weighted by Gasteiger charge is -2.13. The molecule has 3 N–H and O–H groups in total. The predicted octanol–water partition coefficient (Wildman–Crippen LogP) is 3.85. The maximum Gasteiger partial charge on any atom is 0.454 e. The third-order valence-electron chi connectivity index (χ3n) is 2.87. The van der Waals surface area contributed by atoms with Crippen LogP contribution >= 0.6 is 0 Å². The molecule has 6 heteroatoms. The molecule has 2 rings (SSSR count). The zero-order valence-electron chi connectivity index (χ0n) is 11.4. The molecule has 22 heavy (non-hydrogen) atoms. The first kappa shape index (κ1) is 15.6. The lowest BCUT2D eigenvalue weighted by atomic mass is 10.1. The molecule has 0 spiro atoms.